The summed E-state index contributed by atoms with van der Waals surface area (Å²) in [5.74, 6) is 1.51. The van der Waals surface area contributed by atoms with E-state index in [1.807, 2.05) is 0 Å². The third-order valence-electron chi connectivity index (χ3n) is 11.0. The first-order chi connectivity index (χ1) is 24.4. The van der Waals surface area contributed by atoms with Gasteiger partial charge < -0.3 is 14.7 Å². The Bertz CT molecular complexity index is 1890. The van der Waals surface area contributed by atoms with E-state index in [0.29, 0.717) is 23.7 Å². The lowest BCUT2D eigenvalue weighted by molar-refractivity contribution is 0.632. The van der Waals surface area contributed by atoms with Crippen LogP contribution in [0.15, 0.2) is 122 Å². The lowest BCUT2D eigenvalue weighted by Gasteiger charge is -2.42. The zero-order valence-electron chi connectivity index (χ0n) is 32.2. The van der Waals surface area contributed by atoms with Crippen molar-refractivity contribution < 1.29 is 0 Å². The summed E-state index contributed by atoms with van der Waals surface area (Å²) in [7, 11) is 0. The monoisotopic (exact) mass is 672 g/mol. The highest BCUT2D eigenvalue weighted by Crippen LogP contribution is 2.52. The van der Waals surface area contributed by atoms with Crippen LogP contribution in [0.3, 0.4) is 0 Å². The topological polar surface area (TPSA) is 9.72 Å². The van der Waals surface area contributed by atoms with Gasteiger partial charge in [0.05, 0.1) is 22.7 Å². The van der Waals surface area contributed by atoms with Gasteiger partial charge in [-0.3, -0.25) is 0 Å². The first-order valence-electron chi connectivity index (χ1n) is 18.9. The smallest absolute Gasteiger partial charge is 0.195 e. The highest BCUT2D eigenvalue weighted by atomic mass is 15.4. The lowest BCUT2D eigenvalue weighted by atomic mass is 9.73. The van der Waals surface area contributed by atoms with Gasteiger partial charge in [-0.05, 0) is 81.3 Å². The second-order valence-electron chi connectivity index (χ2n) is 16.1. The number of anilines is 5. The van der Waals surface area contributed by atoms with Crippen molar-refractivity contribution in [1.82, 2.24) is 0 Å². The molecule has 0 aromatic heterocycles. The van der Waals surface area contributed by atoms with E-state index >= 15 is 0 Å². The summed E-state index contributed by atoms with van der Waals surface area (Å²) in [4.78, 5) is 7.41. The van der Waals surface area contributed by atoms with E-state index in [4.69, 9.17) is 0 Å². The molecule has 0 aliphatic carbocycles. The molecule has 0 fully saturated rings. The largest absolute Gasteiger partial charge is 0.314 e. The van der Waals surface area contributed by atoms with Crippen LogP contribution in [0.2, 0.25) is 0 Å². The highest BCUT2D eigenvalue weighted by molar-refractivity contribution is 5.86. The van der Waals surface area contributed by atoms with E-state index < -0.39 is 0 Å². The fraction of sp³-hybridized carbons (Fsp3) is 0.312. The third kappa shape index (κ3) is 5.85. The van der Waals surface area contributed by atoms with E-state index in [-0.39, 0.29) is 5.41 Å². The molecule has 261 valence electrons. The van der Waals surface area contributed by atoms with Crippen molar-refractivity contribution in [3.05, 3.63) is 167 Å². The number of hydrogen-bond donors (Lipinski definition) is 0. The number of nitrogens with zero attached hydrogens (tertiary/aromatic N) is 3. The summed E-state index contributed by atoms with van der Waals surface area (Å²) in [6.07, 6.45) is 5.78. The Hall–Kier alpha value is -4.76. The van der Waals surface area contributed by atoms with Gasteiger partial charge >= 0.3 is 0 Å². The van der Waals surface area contributed by atoms with E-state index in [0.717, 1.165) is 5.69 Å². The first-order valence-corrected chi connectivity index (χ1v) is 18.9. The van der Waals surface area contributed by atoms with Gasteiger partial charge in [-0.25, -0.2) is 0 Å². The van der Waals surface area contributed by atoms with Gasteiger partial charge in [-0.1, -0.05) is 154 Å². The average molecular weight is 673 g/mol. The molecule has 2 aliphatic rings. The summed E-state index contributed by atoms with van der Waals surface area (Å²) in [5.41, 5.74) is 15.5. The number of rotatable bonds is 8. The Labute approximate surface area is 307 Å². The van der Waals surface area contributed by atoms with Crippen molar-refractivity contribution in [3.8, 4) is 0 Å². The molecule has 0 saturated carbocycles. The maximum atomic E-state index is 2.48. The number of para-hydroxylation sites is 4. The van der Waals surface area contributed by atoms with Crippen LogP contribution in [-0.2, 0) is 5.41 Å². The zero-order valence-corrected chi connectivity index (χ0v) is 32.2. The molecule has 2 aliphatic heterocycles. The molecule has 7 rings (SSSR count). The molecule has 5 aromatic carbocycles. The van der Waals surface area contributed by atoms with Crippen LogP contribution < -0.4 is 14.7 Å². The molecule has 0 saturated heterocycles. The van der Waals surface area contributed by atoms with Crippen LogP contribution in [0.5, 0.6) is 0 Å². The summed E-state index contributed by atoms with van der Waals surface area (Å²) in [6, 6.07) is 40.8. The van der Waals surface area contributed by atoms with Gasteiger partial charge in [-0.2, -0.15) is 0 Å². The molecular formula is C48H54N3. The molecule has 0 bridgehead atoms. The molecule has 0 unspecified atom stereocenters. The molecule has 0 N–H and O–H groups in total. The first kappa shape index (κ1) is 34.7. The van der Waals surface area contributed by atoms with Crippen LogP contribution in [-0.4, -0.2) is 0 Å². The van der Waals surface area contributed by atoms with Crippen molar-refractivity contribution >= 4 is 28.4 Å². The maximum Gasteiger partial charge on any atom is 0.195 e. The second kappa shape index (κ2) is 13.4. The molecule has 0 amide bonds. The van der Waals surface area contributed by atoms with Crippen molar-refractivity contribution in [2.75, 3.05) is 14.7 Å². The molecule has 3 nitrogen and oxygen atoms in total. The van der Waals surface area contributed by atoms with E-state index in [1.54, 1.807) is 0 Å². The standard InChI is InChI=1S/C48H54N3/c1-31(2)37-17-15-18-38(32(3)4)45(37)49-29-30-50(46-39(33(5)6)19-16-20-40(46)34(7)8)47(49)35-25-27-36(28-26-35)51-43-23-13-11-21-41(43)48(9,10)42-22-12-14-24-44(42)51/h11-34H,1-10H3. The fourth-order valence-corrected chi connectivity index (χ4v) is 8.32. The summed E-state index contributed by atoms with van der Waals surface area (Å²) >= 11 is 0. The molecule has 51 heavy (non-hydrogen) atoms. The molecule has 1 radical (unpaired) electrons. The number of fused-ring (bicyclic) bond motifs is 2. The van der Waals surface area contributed by atoms with Crippen LogP contribution in [0.4, 0.5) is 28.4 Å². The normalized spacial score (nSPS) is 15.5. The minimum absolute atomic E-state index is 0.0914. The van der Waals surface area contributed by atoms with Gasteiger partial charge in [-0.15, -0.1) is 0 Å². The van der Waals surface area contributed by atoms with Crippen LogP contribution in [0.1, 0.15) is 132 Å². The lowest BCUT2D eigenvalue weighted by Crippen LogP contribution is -2.34. The van der Waals surface area contributed by atoms with Crippen LogP contribution >= 0.6 is 0 Å². The Kier molecular flexibility index (Phi) is 9.12. The molecule has 2 heterocycles. The van der Waals surface area contributed by atoms with Crippen molar-refractivity contribution in [1.29, 1.82) is 0 Å². The van der Waals surface area contributed by atoms with Crippen LogP contribution in [0.25, 0.3) is 0 Å². The molecule has 0 atom stereocenters. The maximum absolute atomic E-state index is 2.48. The van der Waals surface area contributed by atoms with Crippen molar-refractivity contribution in [3.63, 3.8) is 0 Å². The summed E-state index contributed by atoms with van der Waals surface area (Å²) in [6.45, 7) is 23.2. The second-order valence-corrected chi connectivity index (χ2v) is 16.1. The van der Waals surface area contributed by atoms with E-state index in [2.05, 4.69) is 206 Å². The predicted octanol–water partition coefficient (Wildman–Crippen LogP) is 13.6. The molecular weight excluding hydrogens is 619 g/mol. The highest BCUT2D eigenvalue weighted by Gasteiger charge is 2.39. The van der Waals surface area contributed by atoms with E-state index in [1.165, 1.54) is 67.9 Å². The van der Waals surface area contributed by atoms with Gasteiger partial charge in [0.2, 0.25) is 0 Å². The Morgan fingerprint density at radius 3 is 1.18 bits per heavy atom. The quantitative estimate of drug-likeness (QED) is 0.162. The van der Waals surface area contributed by atoms with Gasteiger partial charge in [0.1, 0.15) is 0 Å². The Morgan fingerprint density at radius 1 is 0.431 bits per heavy atom. The van der Waals surface area contributed by atoms with E-state index in [9.17, 15) is 0 Å². The minimum Gasteiger partial charge on any atom is -0.314 e. The molecule has 5 aromatic rings. The molecule has 0 spiro atoms. The Morgan fingerprint density at radius 2 is 0.804 bits per heavy atom. The minimum atomic E-state index is -0.0914. The fourth-order valence-electron chi connectivity index (χ4n) is 8.32. The number of benzene rings is 5. The SMILES string of the molecule is CC(C)c1cccc(C(C)C)c1N1C=CN(c2c(C(C)C)cccc2C(C)C)[C]1c1ccc(N2c3ccccc3C(C)(C)c3ccccc32)cc1. The van der Waals surface area contributed by atoms with Crippen LogP contribution in [0, 0.1) is 6.17 Å². The summed E-state index contributed by atoms with van der Waals surface area (Å²) < 4.78 is 0. The average Bonchev–Trinajstić information content (AvgIpc) is 3.56. The van der Waals surface area contributed by atoms with Gasteiger partial charge in [0.25, 0.3) is 0 Å². The van der Waals surface area contributed by atoms with Crippen molar-refractivity contribution in [2.24, 2.45) is 0 Å². The predicted molar refractivity (Wildman–Crippen MR) is 219 cm³/mol. The van der Waals surface area contributed by atoms with Gasteiger partial charge in [0.15, 0.2) is 6.17 Å². The van der Waals surface area contributed by atoms with Crippen molar-refractivity contribution in [2.45, 2.75) is 98.3 Å². The zero-order chi connectivity index (χ0) is 36.2. The van der Waals surface area contributed by atoms with Gasteiger partial charge in [0, 0.05) is 29.1 Å². The molecule has 3 heteroatoms. The Balaban J connectivity index is 1.42. The third-order valence-corrected chi connectivity index (χ3v) is 11.0. The number of hydrogen-bond acceptors (Lipinski definition) is 3. The summed E-state index contributed by atoms with van der Waals surface area (Å²) in [5, 5.41) is 0.